The minimum absolute atomic E-state index is 0.00963. The molecule has 0 spiro atoms. The molecule has 0 radical (unpaired) electrons. The molecule has 7 heteroatoms. The quantitative estimate of drug-likeness (QED) is 0.688. The highest BCUT2D eigenvalue weighted by Gasteiger charge is 2.10. The minimum Gasteiger partial charge on any atom is -0.306 e. The topological polar surface area (TPSA) is 97.9 Å². The van der Waals surface area contributed by atoms with Gasteiger partial charge in [-0.05, 0) is 18.2 Å². The number of sulfonamides is 1. The standard InChI is InChI=1S/C8H9N3O3S/c1-11-7-4-5(15(9,13)14)2-3-6(7)10-8(11)12/h2-4H,1H3,(H,10,12)(H2,9,13,14). The number of aryl methyl sites for hydroxylation is 1. The molecular formula is C8H9N3O3S. The third-order valence-corrected chi connectivity index (χ3v) is 3.12. The monoisotopic (exact) mass is 227 g/mol. The Hall–Kier alpha value is -1.60. The van der Waals surface area contributed by atoms with Crippen molar-refractivity contribution >= 4 is 21.1 Å². The summed E-state index contributed by atoms with van der Waals surface area (Å²) in [4.78, 5) is 13.8. The van der Waals surface area contributed by atoms with Gasteiger partial charge in [-0.25, -0.2) is 18.4 Å². The molecule has 1 aromatic heterocycles. The van der Waals surface area contributed by atoms with Crippen LogP contribution in [0.25, 0.3) is 11.0 Å². The number of hydrogen-bond donors (Lipinski definition) is 2. The molecule has 0 atom stereocenters. The lowest BCUT2D eigenvalue weighted by atomic mass is 10.3. The number of fused-ring (bicyclic) bond motifs is 1. The zero-order valence-corrected chi connectivity index (χ0v) is 8.71. The summed E-state index contributed by atoms with van der Waals surface area (Å²) in [5, 5.41) is 4.98. The predicted molar refractivity (Wildman–Crippen MR) is 54.9 cm³/mol. The fraction of sp³-hybridized carbons (Fsp3) is 0.125. The van der Waals surface area contributed by atoms with Crippen LogP contribution in [0.1, 0.15) is 0 Å². The fourth-order valence-corrected chi connectivity index (χ4v) is 1.91. The van der Waals surface area contributed by atoms with Crippen LogP contribution >= 0.6 is 0 Å². The van der Waals surface area contributed by atoms with E-state index in [1.54, 1.807) is 7.05 Å². The lowest BCUT2D eigenvalue weighted by Crippen LogP contribution is -2.13. The lowest BCUT2D eigenvalue weighted by Gasteiger charge is -1.98. The van der Waals surface area contributed by atoms with Crippen molar-refractivity contribution in [1.82, 2.24) is 9.55 Å². The van der Waals surface area contributed by atoms with E-state index in [0.717, 1.165) is 0 Å². The number of rotatable bonds is 1. The number of primary sulfonamides is 1. The van der Waals surface area contributed by atoms with Gasteiger partial charge in [0.05, 0.1) is 15.9 Å². The van der Waals surface area contributed by atoms with Crippen molar-refractivity contribution in [3.05, 3.63) is 28.7 Å². The number of nitrogens with one attached hydrogen (secondary N) is 1. The summed E-state index contributed by atoms with van der Waals surface area (Å²) >= 11 is 0. The molecule has 0 saturated heterocycles. The van der Waals surface area contributed by atoms with Gasteiger partial charge in [0.15, 0.2) is 0 Å². The molecule has 80 valence electrons. The Morgan fingerprint density at radius 3 is 2.67 bits per heavy atom. The highest BCUT2D eigenvalue weighted by molar-refractivity contribution is 7.89. The number of imidazole rings is 1. The maximum atomic E-state index is 11.2. The molecule has 6 nitrogen and oxygen atoms in total. The zero-order valence-electron chi connectivity index (χ0n) is 7.89. The molecule has 3 N–H and O–H groups in total. The number of H-pyrrole nitrogens is 1. The zero-order chi connectivity index (χ0) is 11.2. The van der Waals surface area contributed by atoms with Crippen molar-refractivity contribution in [2.24, 2.45) is 12.2 Å². The second-order valence-corrected chi connectivity index (χ2v) is 4.77. The van der Waals surface area contributed by atoms with E-state index >= 15 is 0 Å². The van der Waals surface area contributed by atoms with E-state index in [-0.39, 0.29) is 10.6 Å². The molecule has 0 unspecified atom stereocenters. The van der Waals surface area contributed by atoms with Crippen LogP contribution in [0.5, 0.6) is 0 Å². The van der Waals surface area contributed by atoms with Gasteiger partial charge in [-0.15, -0.1) is 0 Å². The summed E-state index contributed by atoms with van der Waals surface area (Å²) < 4.78 is 23.5. The molecule has 2 aromatic rings. The predicted octanol–water partition coefficient (Wildman–Crippen LogP) is -0.486. The van der Waals surface area contributed by atoms with E-state index in [9.17, 15) is 13.2 Å². The number of hydrogen-bond acceptors (Lipinski definition) is 3. The molecule has 0 aliphatic rings. The Balaban J connectivity index is 2.87. The Kier molecular flexibility index (Phi) is 1.95. The first kappa shape index (κ1) is 9.94. The first-order chi connectivity index (χ1) is 6.89. The van der Waals surface area contributed by atoms with Crippen LogP contribution in [-0.4, -0.2) is 18.0 Å². The van der Waals surface area contributed by atoms with Crippen LogP contribution in [-0.2, 0) is 17.1 Å². The third-order valence-electron chi connectivity index (χ3n) is 2.21. The van der Waals surface area contributed by atoms with Crippen molar-refractivity contribution in [2.45, 2.75) is 4.90 Å². The van der Waals surface area contributed by atoms with Crippen molar-refractivity contribution in [3.63, 3.8) is 0 Å². The molecule has 0 amide bonds. The average Bonchev–Trinajstić information content (AvgIpc) is 2.41. The van der Waals surface area contributed by atoms with Crippen LogP contribution in [0.4, 0.5) is 0 Å². The minimum atomic E-state index is -3.73. The summed E-state index contributed by atoms with van der Waals surface area (Å²) in [6, 6.07) is 4.23. The van der Waals surface area contributed by atoms with Crippen LogP contribution in [0.2, 0.25) is 0 Å². The number of nitrogens with two attached hydrogens (primary N) is 1. The van der Waals surface area contributed by atoms with Gasteiger partial charge < -0.3 is 4.98 Å². The molecule has 2 rings (SSSR count). The molecule has 0 fully saturated rings. The largest absolute Gasteiger partial charge is 0.326 e. The number of benzene rings is 1. The van der Waals surface area contributed by atoms with E-state index in [2.05, 4.69) is 4.98 Å². The van der Waals surface area contributed by atoms with Crippen molar-refractivity contribution in [1.29, 1.82) is 0 Å². The SMILES string of the molecule is Cn1c(=O)[nH]c2ccc(S(N)(=O)=O)cc21. The summed E-state index contributed by atoms with van der Waals surface area (Å²) in [5.41, 5.74) is 0.790. The Bertz CT molecular complexity index is 681. The molecular weight excluding hydrogens is 218 g/mol. The van der Waals surface area contributed by atoms with Crippen molar-refractivity contribution in [3.8, 4) is 0 Å². The maximum absolute atomic E-state index is 11.2. The number of nitrogens with zero attached hydrogens (tertiary/aromatic N) is 1. The summed E-state index contributed by atoms with van der Waals surface area (Å²) in [6.07, 6.45) is 0. The van der Waals surface area contributed by atoms with E-state index < -0.39 is 10.0 Å². The molecule has 0 saturated carbocycles. The van der Waals surface area contributed by atoms with Crippen molar-refractivity contribution in [2.75, 3.05) is 0 Å². The smallest absolute Gasteiger partial charge is 0.306 e. The number of aromatic nitrogens is 2. The van der Waals surface area contributed by atoms with Gasteiger partial charge in [-0.2, -0.15) is 0 Å². The Labute approximate surface area is 85.4 Å². The van der Waals surface area contributed by atoms with E-state index in [1.165, 1.54) is 22.8 Å². The van der Waals surface area contributed by atoms with Crippen LogP contribution in [0.15, 0.2) is 27.9 Å². The highest BCUT2D eigenvalue weighted by atomic mass is 32.2. The molecule has 0 aliphatic heterocycles. The molecule has 1 aromatic carbocycles. The van der Waals surface area contributed by atoms with Gasteiger partial charge in [-0.1, -0.05) is 0 Å². The fourth-order valence-electron chi connectivity index (χ4n) is 1.38. The van der Waals surface area contributed by atoms with Gasteiger partial charge in [0.2, 0.25) is 10.0 Å². The van der Waals surface area contributed by atoms with Crippen LogP contribution in [0.3, 0.4) is 0 Å². The van der Waals surface area contributed by atoms with E-state index in [0.29, 0.717) is 11.0 Å². The van der Waals surface area contributed by atoms with E-state index in [1.807, 2.05) is 0 Å². The highest BCUT2D eigenvalue weighted by Crippen LogP contribution is 2.14. The number of aromatic amines is 1. The summed E-state index contributed by atoms with van der Waals surface area (Å²) in [7, 11) is -2.18. The third kappa shape index (κ3) is 1.55. The van der Waals surface area contributed by atoms with E-state index in [4.69, 9.17) is 5.14 Å². The van der Waals surface area contributed by atoms with Gasteiger partial charge in [0, 0.05) is 7.05 Å². The average molecular weight is 227 g/mol. The normalized spacial score (nSPS) is 12.1. The maximum Gasteiger partial charge on any atom is 0.326 e. The first-order valence-corrected chi connectivity index (χ1v) is 5.66. The van der Waals surface area contributed by atoms with Gasteiger partial charge in [-0.3, -0.25) is 4.57 Å². The Morgan fingerprint density at radius 1 is 1.40 bits per heavy atom. The second-order valence-electron chi connectivity index (χ2n) is 3.21. The Morgan fingerprint density at radius 2 is 2.07 bits per heavy atom. The van der Waals surface area contributed by atoms with Gasteiger partial charge >= 0.3 is 5.69 Å². The lowest BCUT2D eigenvalue weighted by molar-refractivity contribution is 0.598. The molecule has 15 heavy (non-hydrogen) atoms. The summed E-state index contributed by atoms with van der Waals surface area (Å²) in [6.45, 7) is 0. The first-order valence-electron chi connectivity index (χ1n) is 4.11. The summed E-state index contributed by atoms with van der Waals surface area (Å²) in [5.74, 6) is 0. The molecule has 0 aliphatic carbocycles. The van der Waals surface area contributed by atoms with Gasteiger partial charge in [0.1, 0.15) is 0 Å². The van der Waals surface area contributed by atoms with Crippen LogP contribution in [0, 0.1) is 0 Å². The molecule has 0 bridgehead atoms. The van der Waals surface area contributed by atoms with Gasteiger partial charge in [0.25, 0.3) is 0 Å². The second kappa shape index (κ2) is 2.94. The molecule has 1 heterocycles. The van der Waals surface area contributed by atoms with Crippen LogP contribution < -0.4 is 10.8 Å². The van der Waals surface area contributed by atoms with Crippen molar-refractivity contribution < 1.29 is 8.42 Å².